The number of hydrogen-bond acceptors (Lipinski definition) is 4. The Hall–Kier alpha value is -1.92. The number of imidazole rings is 2. The first-order valence-electron chi connectivity index (χ1n) is 7.89. The van der Waals surface area contributed by atoms with Gasteiger partial charge in [0.1, 0.15) is 0 Å². The van der Waals surface area contributed by atoms with Crippen LogP contribution < -0.4 is 0 Å². The second kappa shape index (κ2) is 7.57. The van der Waals surface area contributed by atoms with Crippen LogP contribution in [0.5, 0.6) is 0 Å². The minimum Gasteiger partial charge on any atom is -0.337 e. The minimum absolute atomic E-state index is 0.928. The maximum Gasteiger partial charge on any atom is 0.0945 e. The van der Waals surface area contributed by atoms with E-state index in [-0.39, 0.29) is 0 Å². The van der Waals surface area contributed by atoms with Gasteiger partial charge in [0.15, 0.2) is 0 Å². The third-order valence-corrected chi connectivity index (χ3v) is 4.91. The highest BCUT2D eigenvalue weighted by Gasteiger charge is 2.10. The first-order chi connectivity index (χ1) is 11.2. The average molecular weight is 329 g/mol. The maximum absolute atomic E-state index is 4.23. The van der Waals surface area contributed by atoms with E-state index in [2.05, 4.69) is 50.1 Å². The Balaban J connectivity index is 1.61. The third kappa shape index (κ3) is 4.53. The second-order valence-electron chi connectivity index (χ2n) is 5.87. The van der Waals surface area contributed by atoms with Gasteiger partial charge in [0.25, 0.3) is 0 Å². The molecule has 0 aromatic carbocycles. The van der Waals surface area contributed by atoms with E-state index in [1.165, 1.54) is 15.4 Å². The van der Waals surface area contributed by atoms with E-state index in [4.69, 9.17) is 0 Å². The van der Waals surface area contributed by atoms with E-state index in [9.17, 15) is 0 Å². The Labute approximate surface area is 141 Å². The van der Waals surface area contributed by atoms with Crippen LogP contribution in [-0.4, -0.2) is 30.5 Å². The summed E-state index contributed by atoms with van der Waals surface area (Å²) < 4.78 is 4.24. The predicted octanol–water partition coefficient (Wildman–Crippen LogP) is 3.08. The van der Waals surface area contributed by atoms with Crippen molar-refractivity contribution >= 4 is 11.3 Å². The summed E-state index contributed by atoms with van der Waals surface area (Å²) >= 11 is 1.88. The summed E-state index contributed by atoms with van der Waals surface area (Å²) in [5, 5.41) is 0. The van der Waals surface area contributed by atoms with Gasteiger partial charge in [0, 0.05) is 61.6 Å². The van der Waals surface area contributed by atoms with Crippen LogP contribution in [-0.2, 0) is 26.7 Å². The van der Waals surface area contributed by atoms with Crippen LogP contribution in [0.2, 0.25) is 0 Å². The molecule has 0 aliphatic heterocycles. The van der Waals surface area contributed by atoms with Crippen molar-refractivity contribution in [3.63, 3.8) is 0 Å². The summed E-state index contributed by atoms with van der Waals surface area (Å²) in [5.74, 6) is 0. The van der Waals surface area contributed by atoms with Crippen LogP contribution in [0.3, 0.4) is 0 Å². The molecule has 0 radical (unpaired) electrons. The molecule has 0 atom stereocenters. The molecule has 0 bridgehead atoms. The van der Waals surface area contributed by atoms with Gasteiger partial charge < -0.3 is 9.13 Å². The van der Waals surface area contributed by atoms with Gasteiger partial charge in [-0.2, -0.15) is 0 Å². The SMILES string of the molecule is Cc1ccc(CN(CCCn2ccnc2)Cc2cncn2C)s1. The molecule has 3 rings (SSSR count). The Bertz CT molecular complexity index is 713. The van der Waals surface area contributed by atoms with Crippen LogP contribution in [0, 0.1) is 6.92 Å². The zero-order valence-corrected chi connectivity index (χ0v) is 14.5. The molecule has 5 nitrogen and oxygen atoms in total. The van der Waals surface area contributed by atoms with Crippen molar-refractivity contribution in [3.05, 3.63) is 58.8 Å². The molecule has 0 saturated heterocycles. The molecule has 0 fully saturated rings. The number of aromatic nitrogens is 4. The highest BCUT2D eigenvalue weighted by atomic mass is 32.1. The van der Waals surface area contributed by atoms with Gasteiger partial charge in [0.05, 0.1) is 18.3 Å². The molecule has 23 heavy (non-hydrogen) atoms. The minimum atomic E-state index is 0.928. The molecule has 0 aliphatic carbocycles. The van der Waals surface area contributed by atoms with Gasteiger partial charge in [-0.3, -0.25) is 4.90 Å². The lowest BCUT2D eigenvalue weighted by Crippen LogP contribution is -2.25. The summed E-state index contributed by atoms with van der Waals surface area (Å²) in [5.41, 5.74) is 1.25. The van der Waals surface area contributed by atoms with Crippen LogP contribution in [0.15, 0.2) is 43.4 Å². The Morgan fingerprint density at radius 1 is 1.17 bits per heavy atom. The van der Waals surface area contributed by atoms with Gasteiger partial charge in [-0.05, 0) is 25.5 Å². The highest BCUT2D eigenvalue weighted by Crippen LogP contribution is 2.18. The van der Waals surface area contributed by atoms with E-state index in [1.54, 1.807) is 0 Å². The largest absolute Gasteiger partial charge is 0.337 e. The van der Waals surface area contributed by atoms with Crippen molar-refractivity contribution in [2.24, 2.45) is 7.05 Å². The van der Waals surface area contributed by atoms with Crippen molar-refractivity contribution in [2.75, 3.05) is 6.54 Å². The van der Waals surface area contributed by atoms with Crippen LogP contribution in [0.25, 0.3) is 0 Å². The maximum atomic E-state index is 4.23. The van der Waals surface area contributed by atoms with Crippen molar-refractivity contribution in [1.29, 1.82) is 0 Å². The number of hydrogen-bond donors (Lipinski definition) is 0. The first-order valence-corrected chi connectivity index (χ1v) is 8.71. The van der Waals surface area contributed by atoms with Gasteiger partial charge >= 0.3 is 0 Å². The number of rotatable bonds is 8. The fourth-order valence-electron chi connectivity index (χ4n) is 2.67. The van der Waals surface area contributed by atoms with E-state index in [0.717, 1.165) is 32.6 Å². The van der Waals surface area contributed by atoms with E-state index in [1.807, 2.05) is 42.6 Å². The molecule has 122 valence electrons. The van der Waals surface area contributed by atoms with Crippen LogP contribution in [0.4, 0.5) is 0 Å². The Morgan fingerprint density at radius 3 is 2.74 bits per heavy atom. The van der Waals surface area contributed by atoms with E-state index < -0.39 is 0 Å². The molecule has 0 amide bonds. The van der Waals surface area contributed by atoms with Gasteiger partial charge in [-0.1, -0.05) is 0 Å². The lowest BCUT2D eigenvalue weighted by molar-refractivity contribution is 0.245. The van der Waals surface area contributed by atoms with Crippen molar-refractivity contribution in [1.82, 2.24) is 24.0 Å². The number of aryl methyl sites for hydroxylation is 3. The van der Waals surface area contributed by atoms with Gasteiger partial charge in [-0.15, -0.1) is 11.3 Å². The summed E-state index contributed by atoms with van der Waals surface area (Å²) in [6.45, 7) is 6.15. The summed E-state index contributed by atoms with van der Waals surface area (Å²) in [6.07, 6.45) is 10.7. The van der Waals surface area contributed by atoms with Crippen molar-refractivity contribution in [3.8, 4) is 0 Å². The normalized spacial score (nSPS) is 11.4. The summed E-state index contributed by atoms with van der Waals surface area (Å²) in [6, 6.07) is 4.44. The van der Waals surface area contributed by atoms with E-state index >= 15 is 0 Å². The number of nitrogens with zero attached hydrogens (tertiary/aromatic N) is 5. The molecule has 0 saturated carbocycles. The van der Waals surface area contributed by atoms with Crippen molar-refractivity contribution in [2.45, 2.75) is 33.0 Å². The van der Waals surface area contributed by atoms with Crippen LogP contribution >= 0.6 is 11.3 Å². The molecule has 0 aliphatic rings. The predicted molar refractivity (Wildman–Crippen MR) is 93.2 cm³/mol. The smallest absolute Gasteiger partial charge is 0.0945 e. The van der Waals surface area contributed by atoms with Crippen molar-refractivity contribution < 1.29 is 0 Å². The first kappa shape index (κ1) is 16.0. The molecular formula is C17H23N5S. The third-order valence-electron chi connectivity index (χ3n) is 3.93. The molecule has 0 N–H and O–H groups in total. The fraction of sp³-hybridized carbons (Fsp3) is 0.412. The molecule has 3 aromatic heterocycles. The number of thiophene rings is 1. The average Bonchev–Trinajstić information content (AvgIpc) is 3.24. The fourth-order valence-corrected chi connectivity index (χ4v) is 3.60. The molecular weight excluding hydrogens is 306 g/mol. The highest BCUT2D eigenvalue weighted by molar-refractivity contribution is 7.11. The molecule has 3 aromatic rings. The van der Waals surface area contributed by atoms with Gasteiger partial charge in [-0.25, -0.2) is 9.97 Å². The molecule has 0 unspecified atom stereocenters. The zero-order valence-electron chi connectivity index (χ0n) is 13.7. The van der Waals surface area contributed by atoms with E-state index in [0.29, 0.717) is 0 Å². The summed E-state index contributed by atoms with van der Waals surface area (Å²) in [7, 11) is 2.06. The topological polar surface area (TPSA) is 38.9 Å². The Morgan fingerprint density at radius 2 is 2.09 bits per heavy atom. The Kier molecular flexibility index (Phi) is 5.25. The lowest BCUT2D eigenvalue weighted by atomic mass is 10.3. The quantitative estimate of drug-likeness (QED) is 0.637. The summed E-state index contributed by atoms with van der Waals surface area (Å²) in [4.78, 5) is 13.6. The van der Waals surface area contributed by atoms with Crippen LogP contribution in [0.1, 0.15) is 21.9 Å². The molecule has 0 spiro atoms. The standard InChI is InChI=1S/C17H23N5S/c1-15-4-5-17(23-15)12-22(11-16-10-19-13-20(16)2)8-3-7-21-9-6-18-14-21/h4-6,9-10,13-14H,3,7-8,11-12H2,1-2H3. The molecule has 3 heterocycles. The monoisotopic (exact) mass is 329 g/mol. The van der Waals surface area contributed by atoms with Gasteiger partial charge in [0.2, 0.25) is 0 Å². The lowest BCUT2D eigenvalue weighted by Gasteiger charge is -2.22. The molecule has 6 heteroatoms. The zero-order chi connectivity index (χ0) is 16.1. The second-order valence-corrected chi connectivity index (χ2v) is 7.25.